The van der Waals surface area contributed by atoms with Gasteiger partial charge in [-0.3, -0.25) is 4.79 Å². The molecule has 0 amide bonds. The molecule has 0 rings (SSSR count). The zero-order valence-electron chi connectivity index (χ0n) is 6.83. The van der Waals surface area contributed by atoms with Gasteiger partial charge in [0.1, 0.15) is 0 Å². The van der Waals surface area contributed by atoms with Gasteiger partial charge >= 0.3 is 5.97 Å². The second-order valence-electron chi connectivity index (χ2n) is 3.01. The number of carboxylic acid groups (broad SMARTS) is 1. The summed E-state index contributed by atoms with van der Waals surface area (Å²) in [5.41, 5.74) is -0.691. The fourth-order valence-electron chi connectivity index (χ4n) is 0.481. The van der Waals surface area contributed by atoms with E-state index in [1.165, 1.54) is 11.8 Å². The lowest BCUT2D eigenvalue weighted by molar-refractivity contribution is -0.136. The molecular weight excluding hydrogens is 164 g/mol. The van der Waals surface area contributed by atoms with Gasteiger partial charge in [-0.1, -0.05) is 0 Å². The number of carbonyl (C=O) groups is 1. The van der Waals surface area contributed by atoms with Crippen molar-refractivity contribution >= 4 is 17.7 Å². The largest absolute Gasteiger partial charge is 0.481 e. The van der Waals surface area contributed by atoms with E-state index in [1.54, 1.807) is 13.8 Å². The average Bonchev–Trinajstić information content (AvgIpc) is 1.78. The van der Waals surface area contributed by atoms with Crippen molar-refractivity contribution in [2.45, 2.75) is 25.9 Å². The van der Waals surface area contributed by atoms with Crippen molar-refractivity contribution in [2.24, 2.45) is 0 Å². The molecule has 0 spiro atoms. The molecule has 0 radical (unpaired) electrons. The van der Waals surface area contributed by atoms with Crippen molar-refractivity contribution in [3.8, 4) is 0 Å². The Morgan fingerprint density at radius 2 is 2.09 bits per heavy atom. The molecule has 0 aliphatic heterocycles. The highest BCUT2D eigenvalue weighted by Gasteiger charge is 2.11. The van der Waals surface area contributed by atoms with Crippen molar-refractivity contribution < 1.29 is 15.0 Å². The number of rotatable bonds is 5. The minimum Gasteiger partial charge on any atom is -0.481 e. The first-order chi connectivity index (χ1) is 4.92. The summed E-state index contributed by atoms with van der Waals surface area (Å²) in [4.78, 5) is 10.0. The van der Waals surface area contributed by atoms with Crippen LogP contribution in [0.2, 0.25) is 0 Å². The SMILES string of the molecule is CC(C)(O)CSCCC(=O)O. The maximum atomic E-state index is 10.0. The number of hydrogen-bond donors (Lipinski definition) is 2. The first kappa shape index (κ1) is 10.8. The summed E-state index contributed by atoms with van der Waals surface area (Å²) in [6.45, 7) is 3.42. The Bertz CT molecular complexity index is 128. The van der Waals surface area contributed by atoms with Crippen molar-refractivity contribution in [3.63, 3.8) is 0 Å². The van der Waals surface area contributed by atoms with E-state index in [0.717, 1.165) is 0 Å². The van der Waals surface area contributed by atoms with E-state index in [0.29, 0.717) is 11.5 Å². The van der Waals surface area contributed by atoms with Crippen LogP contribution in [0.25, 0.3) is 0 Å². The number of aliphatic hydroxyl groups is 1. The molecule has 11 heavy (non-hydrogen) atoms. The summed E-state index contributed by atoms with van der Waals surface area (Å²) in [7, 11) is 0. The van der Waals surface area contributed by atoms with Gasteiger partial charge in [-0.25, -0.2) is 0 Å². The van der Waals surface area contributed by atoms with Crippen molar-refractivity contribution in [2.75, 3.05) is 11.5 Å². The minimum atomic E-state index is -0.784. The summed E-state index contributed by atoms with van der Waals surface area (Å²) >= 11 is 1.46. The van der Waals surface area contributed by atoms with E-state index in [1.807, 2.05) is 0 Å². The monoisotopic (exact) mass is 178 g/mol. The molecule has 0 fully saturated rings. The van der Waals surface area contributed by atoms with Gasteiger partial charge in [-0.2, -0.15) is 11.8 Å². The highest BCUT2D eigenvalue weighted by molar-refractivity contribution is 7.99. The Morgan fingerprint density at radius 1 is 1.55 bits per heavy atom. The summed E-state index contributed by atoms with van der Waals surface area (Å²) in [6, 6.07) is 0. The van der Waals surface area contributed by atoms with E-state index in [4.69, 9.17) is 5.11 Å². The van der Waals surface area contributed by atoms with Crippen LogP contribution in [0.4, 0.5) is 0 Å². The molecule has 0 bridgehead atoms. The van der Waals surface area contributed by atoms with Gasteiger partial charge in [-0.15, -0.1) is 0 Å². The number of hydrogen-bond acceptors (Lipinski definition) is 3. The average molecular weight is 178 g/mol. The van der Waals surface area contributed by atoms with E-state index < -0.39 is 11.6 Å². The Labute approximate surface area is 70.8 Å². The lowest BCUT2D eigenvalue weighted by atomic mass is 10.2. The smallest absolute Gasteiger partial charge is 0.304 e. The highest BCUT2D eigenvalue weighted by atomic mass is 32.2. The molecule has 0 aromatic heterocycles. The zero-order chi connectivity index (χ0) is 8.91. The van der Waals surface area contributed by atoms with Gasteiger partial charge in [0.2, 0.25) is 0 Å². The van der Waals surface area contributed by atoms with Gasteiger partial charge in [-0.05, 0) is 13.8 Å². The molecule has 0 saturated carbocycles. The molecule has 0 atom stereocenters. The van der Waals surface area contributed by atoms with Crippen LogP contribution in [0, 0.1) is 0 Å². The lowest BCUT2D eigenvalue weighted by Crippen LogP contribution is -2.22. The van der Waals surface area contributed by atoms with E-state index in [2.05, 4.69) is 0 Å². The molecule has 3 nitrogen and oxygen atoms in total. The predicted molar refractivity (Wildman–Crippen MR) is 45.9 cm³/mol. The summed E-state index contributed by atoms with van der Waals surface area (Å²) in [5.74, 6) is 0.368. The molecule has 0 unspecified atom stereocenters. The first-order valence-corrected chi connectivity index (χ1v) is 4.59. The number of carboxylic acids is 1. The maximum absolute atomic E-state index is 10.0. The topological polar surface area (TPSA) is 57.5 Å². The molecule has 0 aliphatic rings. The fraction of sp³-hybridized carbons (Fsp3) is 0.857. The van der Waals surface area contributed by atoms with Crippen molar-refractivity contribution in [1.82, 2.24) is 0 Å². The summed E-state index contributed by atoms with van der Waals surface area (Å²) < 4.78 is 0. The van der Waals surface area contributed by atoms with E-state index >= 15 is 0 Å². The Kier molecular flexibility index (Phi) is 4.52. The normalized spacial score (nSPS) is 11.5. The van der Waals surface area contributed by atoms with Crippen LogP contribution in [0.5, 0.6) is 0 Å². The van der Waals surface area contributed by atoms with E-state index in [9.17, 15) is 9.90 Å². The molecule has 66 valence electrons. The third kappa shape index (κ3) is 9.78. The van der Waals surface area contributed by atoms with E-state index in [-0.39, 0.29) is 6.42 Å². The third-order valence-electron chi connectivity index (χ3n) is 0.916. The van der Waals surface area contributed by atoms with Crippen LogP contribution in [-0.2, 0) is 4.79 Å². The molecule has 0 aliphatic carbocycles. The predicted octanol–water partition coefficient (Wildman–Crippen LogP) is 0.965. The van der Waals surface area contributed by atoms with Crippen LogP contribution in [0.3, 0.4) is 0 Å². The molecular formula is C7H14O3S. The minimum absolute atomic E-state index is 0.167. The lowest BCUT2D eigenvalue weighted by Gasteiger charge is -2.15. The Hall–Kier alpha value is -0.220. The quantitative estimate of drug-likeness (QED) is 0.616. The summed E-state index contributed by atoms with van der Waals surface area (Å²) in [6.07, 6.45) is 0.167. The molecule has 2 N–H and O–H groups in total. The van der Waals surface area contributed by atoms with Crippen molar-refractivity contribution in [3.05, 3.63) is 0 Å². The van der Waals surface area contributed by atoms with Gasteiger partial charge in [0.25, 0.3) is 0 Å². The Morgan fingerprint density at radius 3 is 2.45 bits per heavy atom. The highest BCUT2D eigenvalue weighted by Crippen LogP contribution is 2.12. The second-order valence-corrected chi connectivity index (χ2v) is 4.11. The van der Waals surface area contributed by atoms with Crippen LogP contribution in [0.15, 0.2) is 0 Å². The van der Waals surface area contributed by atoms with Crippen LogP contribution >= 0.6 is 11.8 Å². The maximum Gasteiger partial charge on any atom is 0.304 e. The van der Waals surface area contributed by atoms with Gasteiger partial charge in [0.15, 0.2) is 0 Å². The fourth-order valence-corrected chi connectivity index (χ4v) is 1.44. The standard InChI is InChI=1S/C7H14O3S/c1-7(2,10)5-11-4-3-6(8)9/h10H,3-5H2,1-2H3,(H,8,9). The first-order valence-electron chi connectivity index (χ1n) is 3.44. The zero-order valence-corrected chi connectivity index (χ0v) is 7.65. The molecule has 4 heteroatoms. The third-order valence-corrected chi connectivity index (χ3v) is 2.32. The second kappa shape index (κ2) is 4.62. The molecule has 0 heterocycles. The molecule has 0 saturated heterocycles. The van der Waals surface area contributed by atoms with Crippen molar-refractivity contribution in [1.29, 1.82) is 0 Å². The van der Waals surface area contributed by atoms with Gasteiger partial charge in [0, 0.05) is 11.5 Å². The number of aliphatic carboxylic acids is 1. The van der Waals surface area contributed by atoms with Gasteiger partial charge < -0.3 is 10.2 Å². The van der Waals surface area contributed by atoms with Crippen LogP contribution < -0.4 is 0 Å². The van der Waals surface area contributed by atoms with Crippen LogP contribution in [0.1, 0.15) is 20.3 Å². The van der Waals surface area contributed by atoms with Gasteiger partial charge in [0.05, 0.1) is 12.0 Å². The molecule has 0 aromatic rings. The van der Waals surface area contributed by atoms with Crippen LogP contribution in [-0.4, -0.2) is 33.3 Å². The summed E-state index contributed by atoms with van der Waals surface area (Å²) in [5, 5.41) is 17.5. The Balaban J connectivity index is 3.22. The molecule has 0 aromatic carbocycles. The number of thioether (sulfide) groups is 1.